The molecular formula is C26H36O3S. The van der Waals surface area contributed by atoms with Gasteiger partial charge in [-0.25, -0.2) is 0 Å². The zero-order valence-corrected chi connectivity index (χ0v) is 19.5. The summed E-state index contributed by atoms with van der Waals surface area (Å²) in [7, 11) is 1.72. The molecule has 4 saturated carbocycles. The van der Waals surface area contributed by atoms with Crippen LogP contribution in [0.5, 0.6) is 5.75 Å². The lowest BCUT2D eigenvalue weighted by Crippen LogP contribution is -2.52. The topological polar surface area (TPSA) is 46.5 Å². The third-order valence-corrected chi connectivity index (χ3v) is 10.6. The van der Waals surface area contributed by atoms with Crippen LogP contribution in [0.2, 0.25) is 0 Å². The van der Waals surface area contributed by atoms with Gasteiger partial charge in [0.05, 0.1) is 7.11 Å². The molecule has 0 aromatic heterocycles. The van der Waals surface area contributed by atoms with E-state index in [2.05, 4.69) is 13.8 Å². The molecule has 1 aromatic carbocycles. The van der Waals surface area contributed by atoms with Crippen LogP contribution in [-0.2, 0) is 8.98 Å². The van der Waals surface area contributed by atoms with Crippen LogP contribution in [0.1, 0.15) is 83.1 Å². The van der Waals surface area contributed by atoms with Gasteiger partial charge in [0.15, 0.2) is 0 Å². The van der Waals surface area contributed by atoms with E-state index in [1.807, 2.05) is 12.1 Å². The highest BCUT2D eigenvalue weighted by molar-refractivity contribution is 7.94. The number of phenols is 1. The second-order valence-corrected chi connectivity index (χ2v) is 12.1. The summed E-state index contributed by atoms with van der Waals surface area (Å²) in [6, 6.07) is 5.77. The van der Waals surface area contributed by atoms with Crippen molar-refractivity contribution >= 4 is 17.8 Å². The molecule has 0 amide bonds. The van der Waals surface area contributed by atoms with E-state index in [0.29, 0.717) is 34.2 Å². The first-order valence-corrected chi connectivity index (χ1v) is 12.6. The van der Waals surface area contributed by atoms with Crippen LogP contribution in [0, 0.1) is 34.5 Å². The number of aromatic hydroxyl groups is 1. The molecule has 4 heteroatoms. The molecule has 1 aromatic rings. The number of phenolic OH excluding ortho intramolecular Hbond substituents is 1. The summed E-state index contributed by atoms with van der Waals surface area (Å²) >= 11 is 1.42. The zero-order valence-electron chi connectivity index (χ0n) is 18.7. The predicted octanol–water partition coefficient (Wildman–Crippen LogP) is 6.74. The van der Waals surface area contributed by atoms with E-state index in [-0.39, 0.29) is 0 Å². The van der Waals surface area contributed by atoms with E-state index in [0.717, 1.165) is 41.9 Å². The van der Waals surface area contributed by atoms with Crippen LogP contribution < -0.4 is 0 Å². The first-order chi connectivity index (χ1) is 14.3. The third-order valence-electron chi connectivity index (χ3n) is 9.86. The number of Topliss-reactive ketones (excluding diaryl/α,β-unsaturated/α-hetero) is 1. The lowest BCUT2D eigenvalue weighted by atomic mass is 9.45. The highest BCUT2D eigenvalue weighted by Crippen LogP contribution is 2.68. The summed E-state index contributed by atoms with van der Waals surface area (Å²) in [5.41, 5.74) is 2.05. The van der Waals surface area contributed by atoms with E-state index >= 15 is 0 Å². The van der Waals surface area contributed by atoms with Crippen molar-refractivity contribution in [1.29, 1.82) is 0 Å². The van der Waals surface area contributed by atoms with E-state index < -0.39 is 0 Å². The maximum absolute atomic E-state index is 12.1. The van der Waals surface area contributed by atoms with Gasteiger partial charge >= 0.3 is 0 Å². The van der Waals surface area contributed by atoms with Crippen LogP contribution in [0.15, 0.2) is 23.1 Å². The van der Waals surface area contributed by atoms with Gasteiger partial charge in [-0.15, -0.1) is 0 Å². The maximum Gasteiger partial charge on any atom is 0.133 e. The first-order valence-electron chi connectivity index (χ1n) is 11.9. The fourth-order valence-electron chi connectivity index (χ4n) is 8.36. The van der Waals surface area contributed by atoms with Crippen LogP contribution >= 0.6 is 12.0 Å². The van der Waals surface area contributed by atoms with Crippen molar-refractivity contribution in [3.8, 4) is 5.75 Å². The Labute approximate surface area is 185 Å². The summed E-state index contributed by atoms with van der Waals surface area (Å²) < 4.78 is 5.39. The Bertz CT molecular complexity index is 838. The van der Waals surface area contributed by atoms with Crippen molar-refractivity contribution in [2.24, 2.45) is 34.5 Å². The molecule has 7 atom stereocenters. The molecule has 2 unspecified atom stereocenters. The normalized spacial score (nSPS) is 43.0. The van der Waals surface area contributed by atoms with Gasteiger partial charge in [-0.05, 0) is 109 Å². The Balaban J connectivity index is 1.43. The molecule has 0 bridgehead atoms. The average Bonchev–Trinajstić information content (AvgIpc) is 3.07. The van der Waals surface area contributed by atoms with Gasteiger partial charge in [-0.2, -0.15) is 0 Å². The molecule has 4 fully saturated rings. The van der Waals surface area contributed by atoms with Gasteiger partial charge in [0.25, 0.3) is 0 Å². The standard InChI is InChI=1S/C26H36O3S/c1-25-10-9-22-20(6-4-17-13-19(28)8-11-26(17,22)2)23(25)12-16(15-25)21-14-18(27)5-7-24(21)30-29-3/h5,7,14,16-17,20,22-23,27H,4,6,8-13,15H2,1-3H3/t16?,17?,20-,22-,23+,25-,26+/m1/s1. The van der Waals surface area contributed by atoms with Crippen LogP contribution in [0.25, 0.3) is 0 Å². The van der Waals surface area contributed by atoms with Gasteiger partial charge in [-0.3, -0.25) is 4.79 Å². The number of hydrogen-bond acceptors (Lipinski definition) is 4. The number of benzene rings is 1. The molecule has 0 saturated heterocycles. The summed E-state index contributed by atoms with van der Waals surface area (Å²) in [4.78, 5) is 13.3. The molecule has 0 radical (unpaired) electrons. The quantitative estimate of drug-likeness (QED) is 0.542. The molecule has 1 N–H and O–H groups in total. The van der Waals surface area contributed by atoms with E-state index in [1.54, 1.807) is 13.2 Å². The van der Waals surface area contributed by atoms with Gasteiger partial charge in [0.2, 0.25) is 0 Å². The minimum Gasteiger partial charge on any atom is -0.508 e. The largest absolute Gasteiger partial charge is 0.508 e. The van der Waals surface area contributed by atoms with Crippen molar-refractivity contribution in [2.45, 2.75) is 82.4 Å². The van der Waals surface area contributed by atoms with Crippen molar-refractivity contribution in [3.63, 3.8) is 0 Å². The van der Waals surface area contributed by atoms with E-state index in [1.165, 1.54) is 56.1 Å². The summed E-state index contributed by atoms with van der Waals surface area (Å²) in [5.74, 6) is 4.35. The summed E-state index contributed by atoms with van der Waals surface area (Å²) in [5, 5.41) is 10.2. The second kappa shape index (κ2) is 7.55. The lowest BCUT2D eigenvalue weighted by molar-refractivity contribution is -0.137. The number of fused-ring (bicyclic) bond motifs is 5. The lowest BCUT2D eigenvalue weighted by Gasteiger charge is -2.59. The van der Waals surface area contributed by atoms with E-state index in [4.69, 9.17) is 4.18 Å². The molecular weight excluding hydrogens is 392 g/mol. The van der Waals surface area contributed by atoms with Crippen LogP contribution in [0.4, 0.5) is 0 Å². The molecule has 4 aliphatic carbocycles. The predicted molar refractivity (Wildman–Crippen MR) is 120 cm³/mol. The Kier molecular flexibility index (Phi) is 5.25. The SMILES string of the molecule is COSc1ccc(O)cc1C1C[C@H]2[C@@H]3CCC4CC(=O)CC[C@]4(C)[C@@H]3CC[C@]2(C)C1. The fraction of sp³-hybridized carbons (Fsp3) is 0.731. The van der Waals surface area contributed by atoms with Crippen molar-refractivity contribution in [3.05, 3.63) is 23.8 Å². The monoisotopic (exact) mass is 428 g/mol. The molecule has 164 valence electrons. The van der Waals surface area contributed by atoms with Gasteiger partial charge < -0.3 is 9.29 Å². The molecule has 3 nitrogen and oxygen atoms in total. The molecule has 0 heterocycles. The highest BCUT2D eigenvalue weighted by Gasteiger charge is 2.59. The Morgan fingerprint density at radius 1 is 1.13 bits per heavy atom. The number of rotatable bonds is 3. The highest BCUT2D eigenvalue weighted by atomic mass is 32.2. The Morgan fingerprint density at radius 3 is 2.77 bits per heavy atom. The number of hydrogen-bond donors (Lipinski definition) is 1. The Hall–Kier alpha value is -1.00. The number of ketones is 1. The van der Waals surface area contributed by atoms with Crippen molar-refractivity contribution in [1.82, 2.24) is 0 Å². The zero-order chi connectivity index (χ0) is 21.1. The van der Waals surface area contributed by atoms with Crippen LogP contribution in [-0.4, -0.2) is 18.0 Å². The summed E-state index contributed by atoms with van der Waals surface area (Å²) in [6.45, 7) is 5.07. The second-order valence-electron chi connectivity index (χ2n) is 11.2. The number of carbonyl (C=O) groups is 1. The third kappa shape index (κ3) is 3.24. The van der Waals surface area contributed by atoms with Gasteiger partial charge in [0, 0.05) is 29.8 Å². The molecule has 0 spiro atoms. The number of carbonyl (C=O) groups excluding carboxylic acids is 1. The minimum absolute atomic E-state index is 0.364. The average molecular weight is 429 g/mol. The fourth-order valence-corrected chi connectivity index (χ4v) is 8.99. The van der Waals surface area contributed by atoms with E-state index in [9.17, 15) is 9.90 Å². The van der Waals surface area contributed by atoms with Crippen LogP contribution in [0.3, 0.4) is 0 Å². The first kappa shape index (κ1) is 20.9. The molecule has 5 rings (SSSR count). The maximum atomic E-state index is 12.1. The van der Waals surface area contributed by atoms with Gasteiger partial charge in [0.1, 0.15) is 11.5 Å². The molecule has 4 aliphatic rings. The smallest absolute Gasteiger partial charge is 0.133 e. The van der Waals surface area contributed by atoms with Crippen molar-refractivity contribution < 1.29 is 14.1 Å². The molecule has 0 aliphatic heterocycles. The van der Waals surface area contributed by atoms with Crippen molar-refractivity contribution in [2.75, 3.05) is 7.11 Å². The Morgan fingerprint density at radius 2 is 1.97 bits per heavy atom. The van der Waals surface area contributed by atoms with Gasteiger partial charge in [-0.1, -0.05) is 13.8 Å². The minimum atomic E-state index is 0.364. The molecule has 30 heavy (non-hydrogen) atoms. The summed E-state index contributed by atoms with van der Waals surface area (Å²) in [6.07, 6.45) is 10.4.